The molecular formula is C19H20N6OS. The minimum atomic E-state index is 0.0670. The van der Waals surface area contributed by atoms with Crippen LogP contribution in [0.1, 0.15) is 39.1 Å². The molecule has 1 aliphatic rings. The number of hydrogen-bond acceptors (Lipinski definition) is 7. The quantitative estimate of drug-likeness (QED) is 0.750. The number of thiazole rings is 1. The van der Waals surface area contributed by atoms with Gasteiger partial charge in [0.25, 0.3) is 5.91 Å². The Kier molecular flexibility index (Phi) is 4.57. The highest BCUT2D eigenvalue weighted by atomic mass is 32.1. The third kappa shape index (κ3) is 3.52. The van der Waals surface area contributed by atoms with Crippen molar-refractivity contribution in [3.05, 3.63) is 52.0 Å². The fourth-order valence-corrected chi connectivity index (χ4v) is 4.16. The topological polar surface area (TPSA) is 97.9 Å². The van der Waals surface area contributed by atoms with Gasteiger partial charge in [-0.2, -0.15) is 0 Å². The first kappa shape index (κ1) is 17.5. The Balaban J connectivity index is 1.56. The Morgan fingerprint density at radius 3 is 2.67 bits per heavy atom. The number of aromatic nitrogens is 4. The average molecular weight is 380 g/mol. The Hall–Kier alpha value is -2.87. The molecule has 0 unspecified atom stereocenters. The van der Waals surface area contributed by atoms with E-state index in [1.165, 1.54) is 11.3 Å². The minimum Gasteiger partial charge on any atom is -0.368 e. The molecule has 0 bridgehead atoms. The number of nitrogens with zero attached hydrogens (tertiary/aromatic N) is 5. The lowest BCUT2D eigenvalue weighted by atomic mass is 10.00. The fraction of sp³-hybridized carbons (Fsp3) is 0.316. The second-order valence-corrected chi connectivity index (χ2v) is 7.61. The zero-order valence-corrected chi connectivity index (χ0v) is 16.0. The molecule has 4 heterocycles. The number of likely N-dealkylation sites (tertiary alicyclic amines) is 1. The second kappa shape index (κ2) is 7.03. The van der Waals surface area contributed by atoms with Crippen LogP contribution in [0.3, 0.4) is 0 Å². The minimum absolute atomic E-state index is 0.0670. The molecule has 1 amide bonds. The SMILES string of the molecule is Cc1cc(-c2cnc(N)nc2)cc([C@@H]2CCN(C(=O)c3scnc3C)C2)n1. The Bertz CT molecular complexity index is 984. The van der Waals surface area contributed by atoms with Gasteiger partial charge in [-0.05, 0) is 38.0 Å². The van der Waals surface area contributed by atoms with E-state index >= 15 is 0 Å². The van der Waals surface area contributed by atoms with Crippen molar-refractivity contribution in [2.75, 3.05) is 18.8 Å². The summed E-state index contributed by atoms with van der Waals surface area (Å²) >= 11 is 1.40. The fourth-order valence-electron chi connectivity index (χ4n) is 3.39. The van der Waals surface area contributed by atoms with Crippen molar-refractivity contribution in [1.29, 1.82) is 0 Å². The van der Waals surface area contributed by atoms with Gasteiger partial charge in [-0.3, -0.25) is 9.78 Å². The molecule has 7 nitrogen and oxygen atoms in total. The molecule has 3 aromatic rings. The number of hydrogen-bond donors (Lipinski definition) is 1. The van der Waals surface area contributed by atoms with Crippen LogP contribution in [0.25, 0.3) is 11.1 Å². The zero-order chi connectivity index (χ0) is 19.0. The number of aryl methyl sites for hydroxylation is 2. The predicted molar refractivity (Wildman–Crippen MR) is 105 cm³/mol. The Labute approximate surface area is 161 Å². The molecule has 0 radical (unpaired) electrons. The first-order valence-corrected chi connectivity index (χ1v) is 9.65. The highest BCUT2D eigenvalue weighted by molar-refractivity contribution is 7.11. The van der Waals surface area contributed by atoms with Crippen molar-refractivity contribution in [1.82, 2.24) is 24.8 Å². The molecule has 4 rings (SSSR count). The lowest BCUT2D eigenvalue weighted by Gasteiger charge is -2.16. The van der Waals surface area contributed by atoms with Gasteiger partial charge in [-0.1, -0.05) is 0 Å². The molecular weight excluding hydrogens is 360 g/mol. The van der Waals surface area contributed by atoms with Gasteiger partial charge in [0.05, 0.1) is 11.2 Å². The number of pyridine rings is 1. The van der Waals surface area contributed by atoms with Crippen LogP contribution in [-0.2, 0) is 0 Å². The van der Waals surface area contributed by atoms with Gasteiger partial charge in [0, 0.05) is 48.4 Å². The van der Waals surface area contributed by atoms with Gasteiger partial charge in [0.15, 0.2) is 0 Å². The largest absolute Gasteiger partial charge is 0.368 e. The molecule has 138 valence electrons. The van der Waals surface area contributed by atoms with E-state index < -0.39 is 0 Å². The lowest BCUT2D eigenvalue weighted by molar-refractivity contribution is 0.0794. The van der Waals surface area contributed by atoms with Crippen molar-refractivity contribution in [2.24, 2.45) is 0 Å². The molecule has 0 spiro atoms. The molecule has 27 heavy (non-hydrogen) atoms. The number of carbonyl (C=O) groups excluding carboxylic acids is 1. The number of amides is 1. The molecule has 1 atom stereocenters. The van der Waals surface area contributed by atoms with E-state index in [9.17, 15) is 4.79 Å². The molecule has 3 aromatic heterocycles. The van der Waals surface area contributed by atoms with Gasteiger partial charge in [0.1, 0.15) is 4.88 Å². The first-order valence-electron chi connectivity index (χ1n) is 8.77. The maximum absolute atomic E-state index is 12.7. The highest BCUT2D eigenvalue weighted by Gasteiger charge is 2.30. The van der Waals surface area contributed by atoms with Crippen LogP contribution in [-0.4, -0.2) is 43.8 Å². The van der Waals surface area contributed by atoms with Crippen molar-refractivity contribution in [3.63, 3.8) is 0 Å². The summed E-state index contributed by atoms with van der Waals surface area (Å²) in [6, 6.07) is 4.08. The maximum Gasteiger partial charge on any atom is 0.265 e. The molecule has 0 aromatic carbocycles. The smallest absolute Gasteiger partial charge is 0.265 e. The van der Waals surface area contributed by atoms with Crippen molar-refractivity contribution >= 4 is 23.2 Å². The van der Waals surface area contributed by atoms with Crippen molar-refractivity contribution in [3.8, 4) is 11.1 Å². The number of anilines is 1. The van der Waals surface area contributed by atoms with Crippen LogP contribution in [0.2, 0.25) is 0 Å². The van der Waals surface area contributed by atoms with E-state index in [0.717, 1.165) is 46.1 Å². The molecule has 0 aliphatic carbocycles. The van der Waals surface area contributed by atoms with Crippen LogP contribution >= 0.6 is 11.3 Å². The van der Waals surface area contributed by atoms with E-state index in [1.807, 2.05) is 24.8 Å². The lowest BCUT2D eigenvalue weighted by Crippen LogP contribution is -2.28. The summed E-state index contributed by atoms with van der Waals surface area (Å²) in [4.78, 5) is 32.4. The summed E-state index contributed by atoms with van der Waals surface area (Å²) in [5, 5.41) is 0. The summed E-state index contributed by atoms with van der Waals surface area (Å²) in [5.74, 6) is 0.542. The summed E-state index contributed by atoms with van der Waals surface area (Å²) < 4.78 is 0. The monoisotopic (exact) mass is 380 g/mol. The molecule has 1 saturated heterocycles. The Morgan fingerprint density at radius 2 is 1.96 bits per heavy atom. The number of nitrogens with two attached hydrogens (primary N) is 1. The Morgan fingerprint density at radius 1 is 1.19 bits per heavy atom. The molecule has 2 N–H and O–H groups in total. The predicted octanol–water partition coefficient (Wildman–Crippen LogP) is 2.82. The van der Waals surface area contributed by atoms with E-state index in [-0.39, 0.29) is 17.8 Å². The highest BCUT2D eigenvalue weighted by Crippen LogP contribution is 2.31. The molecule has 8 heteroatoms. The summed E-state index contributed by atoms with van der Waals surface area (Å²) in [6.45, 7) is 5.26. The van der Waals surface area contributed by atoms with Gasteiger partial charge in [-0.25, -0.2) is 15.0 Å². The van der Waals surface area contributed by atoms with Crippen LogP contribution in [0.15, 0.2) is 30.0 Å². The van der Waals surface area contributed by atoms with E-state index in [4.69, 9.17) is 10.7 Å². The summed E-state index contributed by atoms with van der Waals surface area (Å²) in [6.07, 6.45) is 4.34. The van der Waals surface area contributed by atoms with E-state index in [0.29, 0.717) is 6.54 Å². The van der Waals surface area contributed by atoms with Gasteiger partial charge in [0.2, 0.25) is 5.95 Å². The second-order valence-electron chi connectivity index (χ2n) is 6.76. The standard InChI is InChI=1S/C19H20N6OS/c1-11-5-14(15-7-21-19(20)22-8-15)6-16(24-11)13-3-4-25(9-13)18(26)17-12(2)23-10-27-17/h5-8,10,13H,3-4,9H2,1-2H3,(H2,20,21,22)/t13-/m1/s1. The summed E-state index contributed by atoms with van der Waals surface area (Å²) in [7, 11) is 0. The maximum atomic E-state index is 12.7. The van der Waals surface area contributed by atoms with Gasteiger partial charge in [-0.15, -0.1) is 11.3 Å². The van der Waals surface area contributed by atoms with Crippen molar-refractivity contribution < 1.29 is 4.79 Å². The third-order valence-electron chi connectivity index (χ3n) is 4.81. The van der Waals surface area contributed by atoms with Crippen molar-refractivity contribution in [2.45, 2.75) is 26.2 Å². The zero-order valence-electron chi connectivity index (χ0n) is 15.2. The van der Waals surface area contributed by atoms with Crippen LogP contribution in [0.4, 0.5) is 5.95 Å². The molecule has 1 aliphatic heterocycles. The van der Waals surface area contributed by atoms with Crippen LogP contribution in [0.5, 0.6) is 0 Å². The molecule has 1 fully saturated rings. The van der Waals surface area contributed by atoms with Crippen LogP contribution in [0, 0.1) is 13.8 Å². The third-order valence-corrected chi connectivity index (χ3v) is 5.73. The number of rotatable bonds is 3. The van der Waals surface area contributed by atoms with Crippen LogP contribution < -0.4 is 5.73 Å². The number of nitrogen functional groups attached to an aromatic ring is 1. The van der Waals surface area contributed by atoms with Gasteiger partial charge < -0.3 is 10.6 Å². The first-order chi connectivity index (χ1) is 13.0. The molecule has 0 saturated carbocycles. The summed E-state index contributed by atoms with van der Waals surface area (Å²) in [5.41, 5.74) is 12.0. The van der Waals surface area contributed by atoms with Gasteiger partial charge >= 0.3 is 0 Å². The number of carbonyl (C=O) groups is 1. The normalized spacial score (nSPS) is 16.7. The average Bonchev–Trinajstić information content (AvgIpc) is 3.30. The van der Waals surface area contributed by atoms with E-state index in [2.05, 4.69) is 21.0 Å². The van der Waals surface area contributed by atoms with E-state index in [1.54, 1.807) is 17.9 Å².